The Balaban J connectivity index is 2.16. The summed E-state index contributed by atoms with van der Waals surface area (Å²) in [6, 6.07) is 2.44. The lowest BCUT2D eigenvalue weighted by atomic mass is 10.1. The quantitative estimate of drug-likeness (QED) is 0.875. The molecule has 4 nitrogen and oxygen atoms in total. The van der Waals surface area contributed by atoms with Crippen LogP contribution in [-0.4, -0.2) is 30.1 Å². The summed E-state index contributed by atoms with van der Waals surface area (Å²) in [6.07, 6.45) is 0.672. The minimum Gasteiger partial charge on any atom is -0.330 e. The number of hydrogen-bond donors (Lipinski definition) is 2. The van der Waals surface area contributed by atoms with E-state index < -0.39 is 17.7 Å². The molecule has 104 valence electrons. The molecule has 0 bridgehead atoms. The third kappa shape index (κ3) is 2.84. The molecule has 0 aliphatic carbocycles. The highest BCUT2D eigenvalue weighted by Crippen LogP contribution is 2.25. The van der Waals surface area contributed by atoms with Gasteiger partial charge in [-0.2, -0.15) is 0 Å². The zero-order valence-electron chi connectivity index (χ0n) is 10.7. The van der Waals surface area contributed by atoms with Gasteiger partial charge in [-0.3, -0.25) is 0 Å². The van der Waals surface area contributed by atoms with E-state index in [0.717, 1.165) is 18.2 Å². The van der Waals surface area contributed by atoms with Crippen LogP contribution in [0.1, 0.15) is 24.9 Å². The number of rotatable bonds is 4. The summed E-state index contributed by atoms with van der Waals surface area (Å²) in [5, 5.41) is 2.67. The molecule has 3 N–H and O–H groups in total. The molecule has 2 rings (SSSR count). The van der Waals surface area contributed by atoms with Crippen molar-refractivity contribution >= 4 is 6.03 Å². The largest absolute Gasteiger partial charge is 0.330 e. The maximum atomic E-state index is 13.7. The van der Waals surface area contributed by atoms with Crippen molar-refractivity contribution in [1.82, 2.24) is 10.2 Å². The molecule has 6 heteroatoms. The molecule has 1 fully saturated rings. The van der Waals surface area contributed by atoms with E-state index in [1.54, 1.807) is 4.90 Å². The number of amides is 2. The second-order valence-electron chi connectivity index (χ2n) is 4.75. The van der Waals surface area contributed by atoms with Gasteiger partial charge in [0.25, 0.3) is 0 Å². The fourth-order valence-electron chi connectivity index (χ4n) is 2.29. The fourth-order valence-corrected chi connectivity index (χ4v) is 2.29. The van der Waals surface area contributed by atoms with E-state index in [1.165, 1.54) is 0 Å². The lowest BCUT2D eigenvalue weighted by molar-refractivity contribution is 0.199. The van der Waals surface area contributed by atoms with Gasteiger partial charge in [-0.1, -0.05) is 0 Å². The minimum absolute atomic E-state index is 0.0216. The molecule has 1 aromatic carbocycles. The average Bonchev–Trinajstić information content (AvgIpc) is 2.74. The van der Waals surface area contributed by atoms with Gasteiger partial charge in [0.2, 0.25) is 0 Å². The molecule has 1 aliphatic heterocycles. The van der Waals surface area contributed by atoms with Gasteiger partial charge < -0.3 is 16.0 Å². The standard InChI is InChI=1S/C13H17F2N3O/c1-8(4-5-16)18-7-12(17-13(18)19)10-6-9(14)2-3-11(10)15/h2-3,6,8,12H,4-5,7,16H2,1H3,(H,17,19). The van der Waals surface area contributed by atoms with Crippen LogP contribution in [0.2, 0.25) is 0 Å². The van der Waals surface area contributed by atoms with Gasteiger partial charge in [0.1, 0.15) is 11.6 Å². The fraction of sp³-hybridized carbons (Fsp3) is 0.462. The third-order valence-corrected chi connectivity index (χ3v) is 3.39. The summed E-state index contributed by atoms with van der Waals surface area (Å²) < 4.78 is 26.8. The van der Waals surface area contributed by atoms with E-state index >= 15 is 0 Å². The van der Waals surface area contributed by atoms with Crippen molar-refractivity contribution in [2.24, 2.45) is 5.73 Å². The zero-order valence-corrected chi connectivity index (χ0v) is 10.7. The lowest BCUT2D eigenvalue weighted by Crippen LogP contribution is -2.37. The van der Waals surface area contributed by atoms with Crippen LogP contribution < -0.4 is 11.1 Å². The van der Waals surface area contributed by atoms with Crippen LogP contribution in [0.15, 0.2) is 18.2 Å². The Bertz CT molecular complexity index is 481. The van der Waals surface area contributed by atoms with Crippen molar-refractivity contribution in [2.45, 2.75) is 25.4 Å². The Morgan fingerprint density at radius 1 is 1.53 bits per heavy atom. The highest BCUT2D eigenvalue weighted by atomic mass is 19.1. The van der Waals surface area contributed by atoms with Gasteiger partial charge in [-0.05, 0) is 38.1 Å². The smallest absolute Gasteiger partial charge is 0.318 e. The molecule has 2 amide bonds. The summed E-state index contributed by atoms with van der Waals surface area (Å²) in [5.74, 6) is -1.03. The molecule has 1 saturated heterocycles. The molecule has 0 aromatic heterocycles. The SMILES string of the molecule is CC(CCN)N1CC(c2cc(F)ccc2F)NC1=O. The Kier molecular flexibility index (Phi) is 3.99. The van der Waals surface area contributed by atoms with Crippen LogP contribution in [0.25, 0.3) is 0 Å². The molecule has 19 heavy (non-hydrogen) atoms. The number of urea groups is 1. The van der Waals surface area contributed by atoms with Crippen LogP contribution >= 0.6 is 0 Å². The minimum atomic E-state index is -0.525. The molecule has 1 aromatic rings. The number of nitrogens with zero attached hydrogens (tertiary/aromatic N) is 1. The van der Waals surface area contributed by atoms with Crippen LogP contribution in [-0.2, 0) is 0 Å². The highest BCUT2D eigenvalue weighted by Gasteiger charge is 2.33. The lowest BCUT2D eigenvalue weighted by Gasteiger charge is -2.22. The first kappa shape index (κ1) is 13.7. The summed E-state index contributed by atoms with van der Waals surface area (Å²) in [4.78, 5) is 13.4. The number of nitrogens with two attached hydrogens (primary N) is 1. The number of carbonyl (C=O) groups is 1. The van der Waals surface area contributed by atoms with Crippen molar-refractivity contribution in [3.05, 3.63) is 35.4 Å². The monoisotopic (exact) mass is 269 g/mol. The van der Waals surface area contributed by atoms with Gasteiger partial charge in [0.15, 0.2) is 0 Å². The Morgan fingerprint density at radius 3 is 2.95 bits per heavy atom. The van der Waals surface area contributed by atoms with Crippen LogP contribution in [0.4, 0.5) is 13.6 Å². The molecule has 0 spiro atoms. The Hall–Kier alpha value is -1.69. The first-order valence-electron chi connectivity index (χ1n) is 6.25. The molecule has 2 unspecified atom stereocenters. The van der Waals surface area contributed by atoms with Gasteiger partial charge in [-0.25, -0.2) is 13.6 Å². The van der Waals surface area contributed by atoms with Crippen molar-refractivity contribution in [3.63, 3.8) is 0 Å². The van der Waals surface area contributed by atoms with E-state index in [9.17, 15) is 13.6 Å². The molecule has 2 atom stereocenters. The van der Waals surface area contributed by atoms with Crippen LogP contribution in [0, 0.1) is 11.6 Å². The zero-order chi connectivity index (χ0) is 14.0. The van der Waals surface area contributed by atoms with Crippen LogP contribution in [0.3, 0.4) is 0 Å². The number of carbonyl (C=O) groups excluding carboxylic acids is 1. The molecule has 1 aliphatic rings. The van der Waals surface area contributed by atoms with Crippen molar-refractivity contribution in [2.75, 3.05) is 13.1 Å². The van der Waals surface area contributed by atoms with E-state index in [4.69, 9.17) is 5.73 Å². The first-order valence-corrected chi connectivity index (χ1v) is 6.25. The van der Waals surface area contributed by atoms with Crippen molar-refractivity contribution in [3.8, 4) is 0 Å². The van der Waals surface area contributed by atoms with Crippen molar-refractivity contribution in [1.29, 1.82) is 0 Å². The molecule has 0 saturated carbocycles. The second-order valence-corrected chi connectivity index (χ2v) is 4.75. The Morgan fingerprint density at radius 2 is 2.26 bits per heavy atom. The van der Waals surface area contributed by atoms with E-state index in [-0.39, 0.29) is 17.6 Å². The van der Waals surface area contributed by atoms with Crippen LogP contribution in [0.5, 0.6) is 0 Å². The molecular formula is C13H17F2N3O. The molecule has 0 radical (unpaired) electrons. The number of hydrogen-bond acceptors (Lipinski definition) is 2. The average molecular weight is 269 g/mol. The third-order valence-electron chi connectivity index (χ3n) is 3.39. The highest BCUT2D eigenvalue weighted by molar-refractivity contribution is 5.77. The Labute approximate surface area is 110 Å². The topological polar surface area (TPSA) is 58.4 Å². The van der Waals surface area contributed by atoms with Gasteiger partial charge >= 0.3 is 6.03 Å². The summed E-state index contributed by atoms with van der Waals surface area (Å²) in [7, 11) is 0. The van der Waals surface area contributed by atoms with Gasteiger partial charge in [-0.15, -0.1) is 0 Å². The van der Waals surface area contributed by atoms with E-state index in [2.05, 4.69) is 5.32 Å². The summed E-state index contributed by atoms with van der Waals surface area (Å²) >= 11 is 0. The predicted octanol–water partition coefficient (Wildman–Crippen LogP) is 1.77. The summed E-state index contributed by atoms with van der Waals surface area (Å²) in [6.45, 7) is 2.68. The second kappa shape index (κ2) is 5.52. The summed E-state index contributed by atoms with van der Waals surface area (Å²) in [5.41, 5.74) is 5.64. The maximum Gasteiger partial charge on any atom is 0.318 e. The van der Waals surface area contributed by atoms with E-state index in [0.29, 0.717) is 19.5 Å². The predicted molar refractivity (Wildman–Crippen MR) is 67.5 cm³/mol. The normalized spacial score (nSPS) is 20.5. The molecule has 1 heterocycles. The first-order chi connectivity index (χ1) is 9.02. The number of nitrogens with one attached hydrogen (secondary N) is 1. The number of benzene rings is 1. The van der Waals surface area contributed by atoms with E-state index in [1.807, 2.05) is 6.92 Å². The van der Waals surface area contributed by atoms with Gasteiger partial charge in [0.05, 0.1) is 6.04 Å². The molecular weight excluding hydrogens is 252 g/mol. The number of halogens is 2. The van der Waals surface area contributed by atoms with Gasteiger partial charge in [0, 0.05) is 18.2 Å². The maximum absolute atomic E-state index is 13.7. The van der Waals surface area contributed by atoms with Crippen molar-refractivity contribution < 1.29 is 13.6 Å².